The first kappa shape index (κ1) is 10.4. The second-order valence-electron chi connectivity index (χ2n) is 3.26. The zero-order valence-electron chi connectivity index (χ0n) is 8.93. The number of pyridine rings is 1. The molecular formula is C12H12N2O2. The van der Waals surface area contributed by atoms with Gasteiger partial charge in [0.1, 0.15) is 0 Å². The van der Waals surface area contributed by atoms with Gasteiger partial charge in [-0.1, -0.05) is 0 Å². The van der Waals surface area contributed by atoms with E-state index in [0.29, 0.717) is 6.61 Å². The lowest BCUT2D eigenvalue weighted by Crippen LogP contribution is -1.98. The van der Waals surface area contributed by atoms with Crippen LogP contribution in [0.1, 0.15) is 12.5 Å². The van der Waals surface area contributed by atoms with E-state index < -0.39 is 0 Å². The van der Waals surface area contributed by atoms with Gasteiger partial charge in [0, 0.05) is 18.5 Å². The molecule has 4 nitrogen and oxygen atoms in total. The summed E-state index contributed by atoms with van der Waals surface area (Å²) in [5, 5.41) is 0. The molecule has 0 saturated heterocycles. The number of rotatable bonds is 3. The minimum atomic E-state index is -0.339. The molecule has 82 valence electrons. The highest BCUT2D eigenvalue weighted by Crippen LogP contribution is 2.11. The van der Waals surface area contributed by atoms with E-state index in [2.05, 4.69) is 9.97 Å². The third kappa shape index (κ3) is 2.28. The maximum absolute atomic E-state index is 11.1. The molecule has 0 aliphatic carbocycles. The summed E-state index contributed by atoms with van der Waals surface area (Å²) in [6, 6.07) is 3.83. The van der Waals surface area contributed by atoms with E-state index in [0.717, 1.165) is 16.6 Å². The van der Waals surface area contributed by atoms with Crippen molar-refractivity contribution >= 4 is 23.1 Å². The number of hydrogen-bond acceptors (Lipinski definition) is 3. The van der Waals surface area contributed by atoms with E-state index in [1.807, 2.05) is 18.3 Å². The first-order valence-electron chi connectivity index (χ1n) is 5.07. The summed E-state index contributed by atoms with van der Waals surface area (Å²) >= 11 is 0. The van der Waals surface area contributed by atoms with Crippen LogP contribution in [0.3, 0.4) is 0 Å². The van der Waals surface area contributed by atoms with Gasteiger partial charge in [0.2, 0.25) is 0 Å². The van der Waals surface area contributed by atoms with Crippen molar-refractivity contribution in [1.29, 1.82) is 0 Å². The van der Waals surface area contributed by atoms with Gasteiger partial charge in [0.05, 0.1) is 17.6 Å². The van der Waals surface area contributed by atoms with Crippen LogP contribution in [0.4, 0.5) is 0 Å². The van der Waals surface area contributed by atoms with E-state index in [-0.39, 0.29) is 5.97 Å². The van der Waals surface area contributed by atoms with Gasteiger partial charge >= 0.3 is 5.97 Å². The number of carbonyl (C=O) groups is 1. The normalized spacial score (nSPS) is 11.1. The molecule has 2 aromatic heterocycles. The van der Waals surface area contributed by atoms with Crippen LogP contribution in [-0.4, -0.2) is 22.5 Å². The van der Waals surface area contributed by atoms with Crippen LogP contribution in [0.25, 0.3) is 17.1 Å². The molecule has 0 radical (unpaired) electrons. The third-order valence-corrected chi connectivity index (χ3v) is 2.12. The summed E-state index contributed by atoms with van der Waals surface area (Å²) in [7, 11) is 0. The van der Waals surface area contributed by atoms with E-state index in [9.17, 15) is 4.79 Å². The number of aromatic amines is 1. The van der Waals surface area contributed by atoms with E-state index in [1.54, 1.807) is 19.2 Å². The maximum atomic E-state index is 11.1. The molecule has 0 aromatic carbocycles. The number of fused-ring (bicyclic) bond motifs is 1. The second-order valence-corrected chi connectivity index (χ2v) is 3.26. The molecule has 0 bridgehead atoms. The molecule has 16 heavy (non-hydrogen) atoms. The van der Waals surface area contributed by atoms with Gasteiger partial charge in [0.15, 0.2) is 0 Å². The Balaban J connectivity index is 2.17. The average Bonchev–Trinajstić information content (AvgIpc) is 2.74. The third-order valence-electron chi connectivity index (χ3n) is 2.12. The summed E-state index contributed by atoms with van der Waals surface area (Å²) in [6.45, 7) is 2.16. The Morgan fingerprint density at radius 2 is 2.50 bits per heavy atom. The van der Waals surface area contributed by atoms with Crippen molar-refractivity contribution in [3.8, 4) is 0 Å². The fourth-order valence-corrected chi connectivity index (χ4v) is 1.40. The average molecular weight is 216 g/mol. The van der Waals surface area contributed by atoms with Gasteiger partial charge in [-0.2, -0.15) is 0 Å². The highest BCUT2D eigenvalue weighted by atomic mass is 16.5. The molecule has 0 unspecified atom stereocenters. The Labute approximate surface area is 93.0 Å². The van der Waals surface area contributed by atoms with Gasteiger partial charge < -0.3 is 9.72 Å². The Morgan fingerprint density at radius 1 is 1.62 bits per heavy atom. The Morgan fingerprint density at radius 3 is 3.31 bits per heavy atom. The number of ether oxygens (including phenoxy) is 1. The summed E-state index contributed by atoms with van der Waals surface area (Å²) < 4.78 is 4.78. The predicted molar refractivity (Wildman–Crippen MR) is 61.8 cm³/mol. The van der Waals surface area contributed by atoms with E-state index >= 15 is 0 Å². The first-order chi connectivity index (χ1) is 7.79. The van der Waals surface area contributed by atoms with Crippen LogP contribution in [-0.2, 0) is 9.53 Å². The molecule has 0 fully saturated rings. The van der Waals surface area contributed by atoms with Gasteiger partial charge in [-0.3, -0.25) is 4.98 Å². The fraction of sp³-hybridized carbons (Fsp3) is 0.167. The number of aromatic nitrogens is 2. The lowest BCUT2D eigenvalue weighted by atomic mass is 10.2. The highest BCUT2D eigenvalue weighted by Gasteiger charge is 1.97. The van der Waals surface area contributed by atoms with Crippen LogP contribution in [0.5, 0.6) is 0 Å². The molecule has 0 amide bonds. The Bertz CT molecular complexity index is 529. The largest absolute Gasteiger partial charge is 0.463 e. The molecule has 4 heteroatoms. The lowest BCUT2D eigenvalue weighted by molar-refractivity contribution is -0.137. The SMILES string of the molecule is CCOC(=O)C=Cc1cnc2cc[nH]c2c1. The molecular weight excluding hydrogens is 204 g/mol. The molecule has 0 spiro atoms. The molecule has 0 aliphatic heterocycles. The second kappa shape index (κ2) is 4.61. The topological polar surface area (TPSA) is 55.0 Å². The lowest BCUT2D eigenvalue weighted by Gasteiger charge is -1.95. The quantitative estimate of drug-likeness (QED) is 0.631. The van der Waals surface area contributed by atoms with Gasteiger partial charge in [0.25, 0.3) is 0 Å². The van der Waals surface area contributed by atoms with Gasteiger partial charge in [-0.25, -0.2) is 4.79 Å². The van der Waals surface area contributed by atoms with Crippen molar-refractivity contribution in [3.63, 3.8) is 0 Å². The van der Waals surface area contributed by atoms with E-state index in [1.165, 1.54) is 6.08 Å². The number of esters is 1. The summed E-state index contributed by atoms with van der Waals surface area (Å²) in [5.41, 5.74) is 2.72. The Kier molecular flexibility index (Phi) is 3.00. The maximum Gasteiger partial charge on any atom is 0.330 e. The van der Waals surface area contributed by atoms with Gasteiger partial charge in [-0.05, 0) is 30.7 Å². The number of carbonyl (C=O) groups excluding carboxylic acids is 1. The molecule has 0 atom stereocenters. The van der Waals surface area contributed by atoms with Crippen LogP contribution in [0.2, 0.25) is 0 Å². The number of H-pyrrole nitrogens is 1. The number of hydrogen-bond donors (Lipinski definition) is 1. The van der Waals surface area contributed by atoms with Crippen molar-refractivity contribution < 1.29 is 9.53 Å². The van der Waals surface area contributed by atoms with Crippen LogP contribution in [0, 0.1) is 0 Å². The smallest absolute Gasteiger partial charge is 0.330 e. The van der Waals surface area contributed by atoms with Crippen molar-refractivity contribution in [2.24, 2.45) is 0 Å². The standard InChI is InChI=1S/C12H12N2O2/c1-2-16-12(15)4-3-9-7-11-10(14-8-9)5-6-13-11/h3-8,13H,2H2,1H3. The van der Waals surface area contributed by atoms with Crippen molar-refractivity contribution in [2.45, 2.75) is 6.92 Å². The van der Waals surface area contributed by atoms with E-state index in [4.69, 9.17) is 4.74 Å². The number of nitrogens with one attached hydrogen (secondary N) is 1. The predicted octanol–water partition coefficient (Wildman–Crippen LogP) is 2.14. The summed E-state index contributed by atoms with van der Waals surface area (Å²) in [6.07, 6.45) is 6.63. The first-order valence-corrected chi connectivity index (χ1v) is 5.07. The van der Waals surface area contributed by atoms with Crippen molar-refractivity contribution in [2.75, 3.05) is 6.61 Å². The molecule has 2 aromatic rings. The zero-order valence-corrected chi connectivity index (χ0v) is 8.93. The minimum Gasteiger partial charge on any atom is -0.463 e. The molecule has 1 N–H and O–H groups in total. The summed E-state index contributed by atoms with van der Waals surface area (Å²) in [4.78, 5) is 18.4. The summed E-state index contributed by atoms with van der Waals surface area (Å²) in [5.74, 6) is -0.339. The fourth-order valence-electron chi connectivity index (χ4n) is 1.40. The Hall–Kier alpha value is -2.10. The van der Waals surface area contributed by atoms with Crippen molar-refractivity contribution in [3.05, 3.63) is 36.2 Å². The molecule has 2 heterocycles. The minimum absolute atomic E-state index is 0.339. The molecule has 0 saturated carbocycles. The van der Waals surface area contributed by atoms with Crippen LogP contribution in [0.15, 0.2) is 30.6 Å². The van der Waals surface area contributed by atoms with Crippen LogP contribution >= 0.6 is 0 Å². The zero-order chi connectivity index (χ0) is 11.4. The molecule has 2 rings (SSSR count). The number of nitrogens with zero attached hydrogens (tertiary/aromatic N) is 1. The van der Waals surface area contributed by atoms with Crippen LogP contribution < -0.4 is 0 Å². The van der Waals surface area contributed by atoms with Gasteiger partial charge in [-0.15, -0.1) is 0 Å². The molecule has 0 aliphatic rings. The highest BCUT2D eigenvalue weighted by molar-refractivity contribution is 5.88. The van der Waals surface area contributed by atoms with Crippen molar-refractivity contribution in [1.82, 2.24) is 9.97 Å². The monoisotopic (exact) mass is 216 g/mol.